The predicted molar refractivity (Wildman–Crippen MR) is 92.1 cm³/mol. The fourth-order valence-electron chi connectivity index (χ4n) is 2.51. The Bertz CT molecular complexity index is 652. The first-order valence-electron chi connectivity index (χ1n) is 8.13. The van der Waals surface area contributed by atoms with Gasteiger partial charge < -0.3 is 24.8 Å². The van der Waals surface area contributed by atoms with E-state index in [2.05, 4.69) is 10.6 Å². The van der Waals surface area contributed by atoms with Crippen molar-refractivity contribution in [3.8, 4) is 5.75 Å². The summed E-state index contributed by atoms with van der Waals surface area (Å²) in [6, 6.07) is 6.21. The minimum atomic E-state index is -0.585. The SMILES string of the molecule is COc1ccc([C@@H]2NC(=O)NC(C)=C2C(=O)OCCOC(C)C)cc1. The molecule has 1 aliphatic heterocycles. The molecule has 0 saturated carbocycles. The molecule has 136 valence electrons. The van der Waals surface area contributed by atoms with Crippen LogP contribution in [0.4, 0.5) is 4.79 Å². The number of benzene rings is 1. The second kappa shape index (κ2) is 8.53. The summed E-state index contributed by atoms with van der Waals surface area (Å²) in [4.78, 5) is 24.3. The first kappa shape index (κ1) is 18.8. The normalized spacial score (nSPS) is 17.2. The Morgan fingerprint density at radius 1 is 1.20 bits per heavy atom. The lowest BCUT2D eigenvalue weighted by Gasteiger charge is -2.28. The van der Waals surface area contributed by atoms with Crippen molar-refractivity contribution in [1.29, 1.82) is 0 Å². The topological polar surface area (TPSA) is 85.9 Å². The largest absolute Gasteiger partial charge is 0.497 e. The lowest BCUT2D eigenvalue weighted by atomic mass is 9.95. The molecular formula is C18H24N2O5. The fourth-order valence-corrected chi connectivity index (χ4v) is 2.51. The Hall–Kier alpha value is -2.54. The van der Waals surface area contributed by atoms with E-state index in [0.717, 1.165) is 5.56 Å². The van der Waals surface area contributed by atoms with Crippen molar-refractivity contribution < 1.29 is 23.8 Å². The molecule has 2 N–H and O–H groups in total. The van der Waals surface area contributed by atoms with Gasteiger partial charge in [-0.25, -0.2) is 9.59 Å². The quantitative estimate of drug-likeness (QED) is 0.583. The van der Waals surface area contributed by atoms with Gasteiger partial charge in [-0.3, -0.25) is 0 Å². The molecule has 25 heavy (non-hydrogen) atoms. The van der Waals surface area contributed by atoms with Crippen LogP contribution in [0, 0.1) is 0 Å². The summed E-state index contributed by atoms with van der Waals surface area (Å²) >= 11 is 0. The average molecular weight is 348 g/mol. The summed E-state index contributed by atoms with van der Waals surface area (Å²) in [5.41, 5.74) is 1.61. The standard InChI is InChI=1S/C18H24N2O5/c1-11(2)24-9-10-25-17(21)15-12(3)19-18(22)20-16(15)13-5-7-14(23-4)8-6-13/h5-8,11,16H,9-10H2,1-4H3,(H2,19,20,22)/t16-/m0/s1. The minimum Gasteiger partial charge on any atom is -0.497 e. The number of esters is 1. The molecular weight excluding hydrogens is 324 g/mol. The van der Waals surface area contributed by atoms with Gasteiger partial charge in [0, 0.05) is 5.70 Å². The van der Waals surface area contributed by atoms with Crippen LogP contribution in [0.2, 0.25) is 0 Å². The number of carbonyl (C=O) groups excluding carboxylic acids is 2. The molecule has 0 aliphatic carbocycles. The van der Waals surface area contributed by atoms with E-state index in [1.165, 1.54) is 0 Å². The zero-order chi connectivity index (χ0) is 18.4. The van der Waals surface area contributed by atoms with Crippen LogP contribution in [0.1, 0.15) is 32.4 Å². The van der Waals surface area contributed by atoms with Crippen molar-refractivity contribution >= 4 is 12.0 Å². The van der Waals surface area contributed by atoms with Crippen molar-refractivity contribution in [2.75, 3.05) is 20.3 Å². The number of allylic oxidation sites excluding steroid dienone is 1. The van der Waals surface area contributed by atoms with Crippen LogP contribution < -0.4 is 15.4 Å². The van der Waals surface area contributed by atoms with Gasteiger partial charge >= 0.3 is 12.0 Å². The second-order valence-electron chi connectivity index (χ2n) is 5.90. The number of hydrogen-bond donors (Lipinski definition) is 2. The smallest absolute Gasteiger partial charge is 0.338 e. The average Bonchev–Trinajstić information content (AvgIpc) is 2.57. The van der Waals surface area contributed by atoms with E-state index in [-0.39, 0.29) is 18.7 Å². The Morgan fingerprint density at radius 3 is 2.48 bits per heavy atom. The van der Waals surface area contributed by atoms with Gasteiger partial charge in [-0.1, -0.05) is 12.1 Å². The monoisotopic (exact) mass is 348 g/mol. The highest BCUT2D eigenvalue weighted by Crippen LogP contribution is 2.28. The Balaban J connectivity index is 2.16. The highest BCUT2D eigenvalue weighted by atomic mass is 16.6. The summed E-state index contributed by atoms with van der Waals surface area (Å²) in [7, 11) is 1.58. The number of hydrogen-bond acceptors (Lipinski definition) is 5. The van der Waals surface area contributed by atoms with Gasteiger partial charge in [-0.15, -0.1) is 0 Å². The van der Waals surface area contributed by atoms with Crippen molar-refractivity contribution in [2.24, 2.45) is 0 Å². The van der Waals surface area contributed by atoms with Crippen LogP contribution in [0.25, 0.3) is 0 Å². The summed E-state index contributed by atoms with van der Waals surface area (Å²) in [6.45, 7) is 5.97. The molecule has 0 bridgehead atoms. The maximum atomic E-state index is 12.5. The van der Waals surface area contributed by atoms with Gasteiger partial charge in [0.25, 0.3) is 0 Å². The molecule has 0 spiro atoms. The van der Waals surface area contributed by atoms with Crippen LogP contribution in [-0.2, 0) is 14.3 Å². The van der Waals surface area contributed by atoms with Crippen LogP contribution in [0.3, 0.4) is 0 Å². The van der Waals surface area contributed by atoms with E-state index in [1.54, 1.807) is 38.3 Å². The number of nitrogens with one attached hydrogen (secondary N) is 2. The van der Waals surface area contributed by atoms with Crippen LogP contribution in [0.5, 0.6) is 5.75 Å². The number of amides is 2. The summed E-state index contributed by atoms with van der Waals surface area (Å²) in [5.74, 6) is 0.206. The number of rotatable bonds is 7. The third kappa shape index (κ3) is 4.96. The van der Waals surface area contributed by atoms with E-state index in [4.69, 9.17) is 14.2 Å². The lowest BCUT2D eigenvalue weighted by Crippen LogP contribution is -2.45. The number of carbonyl (C=O) groups is 2. The van der Waals surface area contributed by atoms with Gasteiger partial charge in [0.15, 0.2) is 0 Å². The summed E-state index contributed by atoms with van der Waals surface area (Å²) in [6.07, 6.45) is 0.0716. The first-order valence-corrected chi connectivity index (χ1v) is 8.13. The van der Waals surface area contributed by atoms with Crippen LogP contribution in [0.15, 0.2) is 35.5 Å². The van der Waals surface area contributed by atoms with Gasteiger partial charge in [0.05, 0.1) is 31.4 Å². The third-order valence-electron chi connectivity index (χ3n) is 3.71. The van der Waals surface area contributed by atoms with Crippen molar-refractivity contribution in [2.45, 2.75) is 32.9 Å². The van der Waals surface area contributed by atoms with Gasteiger partial charge in [-0.05, 0) is 38.5 Å². The van der Waals surface area contributed by atoms with E-state index < -0.39 is 12.0 Å². The molecule has 0 fully saturated rings. The van der Waals surface area contributed by atoms with Gasteiger partial charge in [0.1, 0.15) is 12.4 Å². The maximum absolute atomic E-state index is 12.5. The molecule has 0 aromatic heterocycles. The van der Waals surface area contributed by atoms with Gasteiger partial charge in [-0.2, -0.15) is 0 Å². The first-order chi connectivity index (χ1) is 11.9. The minimum absolute atomic E-state index is 0.0716. The molecule has 1 aliphatic rings. The molecule has 1 heterocycles. The summed E-state index contributed by atoms with van der Waals surface area (Å²) in [5, 5.41) is 5.37. The molecule has 7 nitrogen and oxygen atoms in total. The van der Waals surface area contributed by atoms with E-state index >= 15 is 0 Å². The molecule has 0 unspecified atom stereocenters. The molecule has 1 aromatic rings. The molecule has 0 saturated heterocycles. The van der Waals surface area contributed by atoms with Crippen molar-refractivity contribution in [3.63, 3.8) is 0 Å². The molecule has 1 aromatic carbocycles. The van der Waals surface area contributed by atoms with E-state index in [0.29, 0.717) is 23.6 Å². The summed E-state index contributed by atoms with van der Waals surface area (Å²) < 4.78 is 15.8. The fraction of sp³-hybridized carbons (Fsp3) is 0.444. The predicted octanol–water partition coefficient (Wildman–Crippen LogP) is 2.29. The molecule has 2 amide bonds. The Labute approximate surface area is 147 Å². The number of methoxy groups -OCH3 is 1. The molecule has 2 rings (SSSR count). The lowest BCUT2D eigenvalue weighted by molar-refractivity contribution is -0.141. The second-order valence-corrected chi connectivity index (χ2v) is 5.90. The Morgan fingerprint density at radius 2 is 1.88 bits per heavy atom. The molecule has 0 radical (unpaired) electrons. The van der Waals surface area contributed by atoms with Crippen LogP contribution >= 0.6 is 0 Å². The van der Waals surface area contributed by atoms with Crippen molar-refractivity contribution in [3.05, 3.63) is 41.1 Å². The number of urea groups is 1. The molecule has 1 atom stereocenters. The maximum Gasteiger partial charge on any atom is 0.338 e. The van der Waals surface area contributed by atoms with Crippen molar-refractivity contribution in [1.82, 2.24) is 10.6 Å². The highest BCUT2D eigenvalue weighted by Gasteiger charge is 2.32. The highest BCUT2D eigenvalue weighted by molar-refractivity contribution is 5.95. The third-order valence-corrected chi connectivity index (χ3v) is 3.71. The Kier molecular flexibility index (Phi) is 6.41. The van der Waals surface area contributed by atoms with Crippen LogP contribution in [-0.4, -0.2) is 38.4 Å². The zero-order valence-corrected chi connectivity index (χ0v) is 14.9. The zero-order valence-electron chi connectivity index (χ0n) is 14.9. The number of ether oxygens (including phenoxy) is 3. The molecule has 7 heteroatoms. The van der Waals surface area contributed by atoms with E-state index in [9.17, 15) is 9.59 Å². The van der Waals surface area contributed by atoms with E-state index in [1.807, 2.05) is 13.8 Å². The van der Waals surface area contributed by atoms with Gasteiger partial charge in [0.2, 0.25) is 0 Å².